The van der Waals surface area contributed by atoms with E-state index >= 15 is 0 Å². The van der Waals surface area contributed by atoms with Crippen LogP contribution in [0.1, 0.15) is 11.6 Å². The first-order valence-corrected chi connectivity index (χ1v) is 5.67. The third-order valence-corrected chi connectivity index (χ3v) is 2.84. The van der Waals surface area contributed by atoms with Gasteiger partial charge >= 0.3 is 12.0 Å². The number of alkyl halides is 1. The molecule has 2 heterocycles. The van der Waals surface area contributed by atoms with Gasteiger partial charge in [0, 0.05) is 11.3 Å². The van der Waals surface area contributed by atoms with Crippen LogP contribution in [-0.2, 0) is 9.53 Å². The number of amides is 2. The van der Waals surface area contributed by atoms with Crippen LogP contribution in [0.5, 0.6) is 0 Å². The third kappa shape index (κ3) is 2.19. The van der Waals surface area contributed by atoms with Crippen LogP contribution >= 0.6 is 11.6 Å². The van der Waals surface area contributed by atoms with E-state index in [4.69, 9.17) is 20.8 Å². The zero-order valence-electron chi connectivity index (χ0n) is 9.53. The lowest BCUT2D eigenvalue weighted by molar-refractivity contribution is -0.136. The van der Waals surface area contributed by atoms with Crippen LogP contribution in [0, 0.1) is 0 Å². The number of ether oxygens (including phenoxy) is 1. The number of allylic oxidation sites excluding steroid dienone is 1. The number of halogens is 1. The van der Waals surface area contributed by atoms with Crippen LogP contribution in [0.2, 0.25) is 0 Å². The van der Waals surface area contributed by atoms with Crippen molar-refractivity contribution in [3.63, 3.8) is 0 Å². The van der Waals surface area contributed by atoms with E-state index in [9.17, 15) is 9.59 Å². The van der Waals surface area contributed by atoms with Crippen LogP contribution in [-0.4, -0.2) is 25.0 Å². The Bertz CT molecular complexity index is 495. The molecule has 7 heteroatoms. The first kappa shape index (κ1) is 12.5. The van der Waals surface area contributed by atoms with E-state index in [0.717, 1.165) is 0 Å². The highest BCUT2D eigenvalue weighted by Crippen LogP contribution is 2.28. The van der Waals surface area contributed by atoms with Crippen molar-refractivity contribution in [3.8, 4) is 0 Å². The molecule has 0 aromatic carbocycles. The van der Waals surface area contributed by atoms with Gasteiger partial charge in [0.1, 0.15) is 0 Å². The van der Waals surface area contributed by atoms with Gasteiger partial charge in [-0.3, -0.25) is 0 Å². The fourth-order valence-electron chi connectivity index (χ4n) is 1.76. The van der Waals surface area contributed by atoms with Gasteiger partial charge < -0.3 is 19.8 Å². The predicted octanol–water partition coefficient (Wildman–Crippen LogP) is 1.30. The van der Waals surface area contributed by atoms with Gasteiger partial charge in [-0.1, -0.05) is 0 Å². The summed E-state index contributed by atoms with van der Waals surface area (Å²) < 4.78 is 9.66. The molecule has 0 spiro atoms. The van der Waals surface area contributed by atoms with Crippen molar-refractivity contribution < 1.29 is 18.7 Å². The molecule has 1 aromatic heterocycles. The van der Waals surface area contributed by atoms with Crippen molar-refractivity contribution in [1.82, 2.24) is 10.6 Å². The van der Waals surface area contributed by atoms with Crippen molar-refractivity contribution in [3.05, 3.63) is 35.4 Å². The summed E-state index contributed by atoms with van der Waals surface area (Å²) in [7, 11) is 1.27. The molecule has 0 fully saturated rings. The highest BCUT2D eigenvalue weighted by Gasteiger charge is 2.33. The van der Waals surface area contributed by atoms with Gasteiger partial charge in [-0.25, -0.2) is 9.59 Å². The summed E-state index contributed by atoms with van der Waals surface area (Å²) in [6.07, 6.45) is 2.91. The second-order valence-electron chi connectivity index (χ2n) is 3.61. The Hall–Kier alpha value is -1.95. The number of hydrogen-bond acceptors (Lipinski definition) is 4. The molecule has 0 unspecified atom stereocenters. The van der Waals surface area contributed by atoms with Crippen molar-refractivity contribution in [2.75, 3.05) is 13.0 Å². The number of esters is 1. The average Bonchev–Trinajstić information content (AvgIpc) is 2.90. The zero-order valence-corrected chi connectivity index (χ0v) is 10.3. The first-order valence-electron chi connectivity index (χ1n) is 5.14. The highest BCUT2D eigenvalue weighted by molar-refractivity contribution is 6.20. The van der Waals surface area contributed by atoms with E-state index in [1.54, 1.807) is 6.07 Å². The number of furan rings is 1. The van der Waals surface area contributed by atoms with E-state index < -0.39 is 18.0 Å². The molecule has 0 saturated carbocycles. The van der Waals surface area contributed by atoms with Crippen LogP contribution in [0.3, 0.4) is 0 Å². The predicted molar refractivity (Wildman–Crippen MR) is 62.9 cm³/mol. The van der Waals surface area contributed by atoms with Gasteiger partial charge in [0.2, 0.25) is 0 Å². The van der Waals surface area contributed by atoms with Gasteiger partial charge in [0.25, 0.3) is 0 Å². The number of urea groups is 1. The SMILES string of the molecule is COC(=O)C1=C(CCl)NC(=O)N[C@H]1c1ccoc1. The lowest BCUT2D eigenvalue weighted by Crippen LogP contribution is -2.46. The van der Waals surface area contributed by atoms with E-state index in [1.807, 2.05) is 0 Å². The third-order valence-electron chi connectivity index (χ3n) is 2.57. The minimum absolute atomic E-state index is 0.00616. The molecule has 96 valence electrons. The Morgan fingerprint density at radius 3 is 2.94 bits per heavy atom. The van der Waals surface area contributed by atoms with Gasteiger partial charge in [-0.05, 0) is 6.07 Å². The number of nitrogens with one attached hydrogen (secondary N) is 2. The molecule has 2 N–H and O–H groups in total. The molecule has 0 bridgehead atoms. The largest absolute Gasteiger partial charge is 0.472 e. The number of carbonyl (C=O) groups excluding carboxylic acids is 2. The van der Waals surface area contributed by atoms with E-state index in [-0.39, 0.29) is 11.5 Å². The molecule has 18 heavy (non-hydrogen) atoms. The Kier molecular flexibility index (Phi) is 3.57. The second-order valence-corrected chi connectivity index (χ2v) is 3.87. The quantitative estimate of drug-likeness (QED) is 0.641. The summed E-state index contributed by atoms with van der Waals surface area (Å²) in [5, 5.41) is 5.11. The number of rotatable bonds is 3. The maximum atomic E-state index is 11.8. The van der Waals surface area contributed by atoms with Gasteiger partial charge in [0.05, 0.1) is 37.1 Å². The average molecular weight is 271 g/mol. The van der Waals surface area contributed by atoms with Crippen LogP contribution < -0.4 is 10.6 Å². The fourth-order valence-corrected chi connectivity index (χ4v) is 1.97. The van der Waals surface area contributed by atoms with Gasteiger partial charge in [0.15, 0.2) is 0 Å². The number of hydrogen-bond donors (Lipinski definition) is 2. The van der Waals surface area contributed by atoms with Crippen molar-refractivity contribution in [2.24, 2.45) is 0 Å². The van der Waals surface area contributed by atoms with Crippen molar-refractivity contribution in [1.29, 1.82) is 0 Å². The molecule has 2 rings (SSSR count). The first-order chi connectivity index (χ1) is 8.67. The summed E-state index contributed by atoms with van der Waals surface area (Å²) in [4.78, 5) is 23.3. The van der Waals surface area contributed by atoms with E-state index in [1.165, 1.54) is 19.6 Å². The lowest BCUT2D eigenvalue weighted by Gasteiger charge is -2.27. The fraction of sp³-hybridized carbons (Fsp3) is 0.273. The van der Waals surface area contributed by atoms with Crippen LogP contribution in [0.15, 0.2) is 34.3 Å². The van der Waals surface area contributed by atoms with E-state index in [0.29, 0.717) is 11.3 Å². The number of carbonyl (C=O) groups is 2. The Morgan fingerprint density at radius 1 is 1.61 bits per heavy atom. The maximum absolute atomic E-state index is 11.8. The van der Waals surface area contributed by atoms with Crippen molar-refractivity contribution in [2.45, 2.75) is 6.04 Å². The smallest absolute Gasteiger partial charge is 0.338 e. The Balaban J connectivity index is 2.48. The summed E-state index contributed by atoms with van der Waals surface area (Å²) in [6.45, 7) is 0. The minimum Gasteiger partial charge on any atom is -0.472 e. The molecule has 0 saturated heterocycles. The summed E-state index contributed by atoms with van der Waals surface area (Å²) >= 11 is 5.74. The van der Waals surface area contributed by atoms with Gasteiger partial charge in [-0.2, -0.15) is 0 Å². The summed E-state index contributed by atoms with van der Waals surface area (Å²) in [5.74, 6) is -0.545. The van der Waals surface area contributed by atoms with E-state index in [2.05, 4.69) is 10.6 Å². The number of methoxy groups -OCH3 is 1. The molecule has 1 aromatic rings. The maximum Gasteiger partial charge on any atom is 0.338 e. The van der Waals surface area contributed by atoms with Crippen molar-refractivity contribution >= 4 is 23.6 Å². The Labute approximate surface area is 108 Å². The minimum atomic E-state index is -0.626. The molecule has 0 aliphatic carbocycles. The summed E-state index contributed by atoms with van der Waals surface area (Å²) in [6, 6.07) is 0.605. The lowest BCUT2D eigenvalue weighted by atomic mass is 9.98. The molecule has 1 aliphatic rings. The molecule has 0 radical (unpaired) electrons. The van der Waals surface area contributed by atoms with Crippen LogP contribution in [0.4, 0.5) is 4.79 Å². The molecule has 1 atom stereocenters. The molecule has 1 aliphatic heterocycles. The molecular formula is C11H11ClN2O4. The molecule has 6 nitrogen and oxygen atoms in total. The second kappa shape index (κ2) is 5.14. The zero-order chi connectivity index (χ0) is 13.1. The topological polar surface area (TPSA) is 80.6 Å². The standard InChI is InChI=1S/C11H11ClN2O4/c1-17-10(15)8-7(4-12)13-11(16)14-9(8)6-2-3-18-5-6/h2-3,5,9H,4H2,1H3,(H2,13,14,16)/t9-/m0/s1. The highest BCUT2D eigenvalue weighted by atomic mass is 35.5. The normalized spacial score (nSPS) is 19.2. The van der Waals surface area contributed by atoms with Gasteiger partial charge in [-0.15, -0.1) is 11.6 Å². The summed E-state index contributed by atoms with van der Waals surface area (Å²) in [5.41, 5.74) is 1.25. The molecule has 2 amide bonds. The Morgan fingerprint density at radius 2 is 2.39 bits per heavy atom. The van der Waals surface area contributed by atoms with Crippen LogP contribution in [0.25, 0.3) is 0 Å². The monoisotopic (exact) mass is 270 g/mol. The molecular weight excluding hydrogens is 260 g/mol.